The summed E-state index contributed by atoms with van der Waals surface area (Å²) >= 11 is 0. The van der Waals surface area contributed by atoms with Gasteiger partial charge in [-0.05, 0) is 31.6 Å². The van der Waals surface area contributed by atoms with Gasteiger partial charge in [0.1, 0.15) is 0 Å². The van der Waals surface area contributed by atoms with Crippen molar-refractivity contribution >= 4 is 12.0 Å². The van der Waals surface area contributed by atoms with Crippen LogP contribution in [0.5, 0.6) is 0 Å². The highest BCUT2D eigenvalue weighted by molar-refractivity contribution is 5.74. The molecular formula is C15H26N2O3. The van der Waals surface area contributed by atoms with Gasteiger partial charge in [-0.15, -0.1) is 0 Å². The Morgan fingerprint density at radius 3 is 2.30 bits per heavy atom. The molecule has 0 saturated heterocycles. The van der Waals surface area contributed by atoms with E-state index in [1.165, 1.54) is 25.7 Å². The number of carbonyl (C=O) groups excluding carboxylic acids is 1. The topological polar surface area (TPSA) is 78.4 Å². The molecule has 2 aliphatic carbocycles. The minimum Gasteiger partial charge on any atom is -0.481 e. The van der Waals surface area contributed by atoms with Crippen LogP contribution in [-0.4, -0.2) is 29.7 Å². The van der Waals surface area contributed by atoms with Crippen molar-refractivity contribution in [2.24, 2.45) is 11.8 Å². The summed E-state index contributed by atoms with van der Waals surface area (Å²) in [5.74, 6) is -0.918. The molecule has 0 aromatic rings. The second kappa shape index (κ2) is 7.50. The maximum atomic E-state index is 11.9. The molecule has 0 aromatic carbocycles. The molecular weight excluding hydrogens is 256 g/mol. The maximum absolute atomic E-state index is 11.9. The summed E-state index contributed by atoms with van der Waals surface area (Å²) in [4.78, 5) is 23.0. The fourth-order valence-electron chi connectivity index (χ4n) is 3.49. The van der Waals surface area contributed by atoms with E-state index in [1.807, 2.05) is 0 Å². The summed E-state index contributed by atoms with van der Waals surface area (Å²) in [6.07, 6.45) is 9.64. The van der Waals surface area contributed by atoms with E-state index in [9.17, 15) is 9.59 Å². The van der Waals surface area contributed by atoms with Crippen LogP contribution in [0.25, 0.3) is 0 Å². The number of hydrogen-bond donors (Lipinski definition) is 3. The molecule has 20 heavy (non-hydrogen) atoms. The predicted molar refractivity (Wildman–Crippen MR) is 76.5 cm³/mol. The van der Waals surface area contributed by atoms with E-state index in [-0.39, 0.29) is 23.9 Å². The number of carboxylic acid groups (broad SMARTS) is 1. The molecule has 114 valence electrons. The van der Waals surface area contributed by atoms with Gasteiger partial charge in [-0.1, -0.05) is 32.1 Å². The molecule has 2 unspecified atom stereocenters. The van der Waals surface area contributed by atoms with E-state index in [0.717, 1.165) is 32.1 Å². The lowest BCUT2D eigenvalue weighted by atomic mass is 9.96. The van der Waals surface area contributed by atoms with Crippen LogP contribution in [-0.2, 0) is 4.79 Å². The number of carbonyl (C=O) groups is 2. The van der Waals surface area contributed by atoms with Crippen molar-refractivity contribution in [3.63, 3.8) is 0 Å². The van der Waals surface area contributed by atoms with E-state index in [1.54, 1.807) is 0 Å². The van der Waals surface area contributed by atoms with Crippen molar-refractivity contribution in [2.45, 2.75) is 63.8 Å². The Labute approximate surface area is 120 Å². The number of aliphatic carboxylic acids is 1. The number of nitrogens with one attached hydrogen (secondary N) is 2. The quantitative estimate of drug-likeness (QED) is 0.693. The van der Waals surface area contributed by atoms with Gasteiger partial charge in [0.2, 0.25) is 0 Å². The van der Waals surface area contributed by atoms with Gasteiger partial charge in [0.15, 0.2) is 0 Å². The summed E-state index contributed by atoms with van der Waals surface area (Å²) < 4.78 is 0. The molecule has 0 heterocycles. The molecule has 0 aliphatic heterocycles. The Bertz CT molecular complexity index is 338. The number of urea groups is 1. The summed E-state index contributed by atoms with van der Waals surface area (Å²) in [5.41, 5.74) is 0. The molecule has 2 rings (SSSR count). The highest BCUT2D eigenvalue weighted by atomic mass is 16.4. The first-order chi connectivity index (χ1) is 9.66. The molecule has 2 aliphatic rings. The first-order valence-corrected chi connectivity index (χ1v) is 7.94. The SMILES string of the molecule is O=C(NCC1CCCC1C(=O)O)NC1CCCCCC1. The minimum absolute atomic E-state index is 0.0902. The number of amides is 2. The van der Waals surface area contributed by atoms with Crippen LogP contribution in [0.3, 0.4) is 0 Å². The van der Waals surface area contributed by atoms with E-state index in [0.29, 0.717) is 6.54 Å². The molecule has 2 amide bonds. The summed E-state index contributed by atoms with van der Waals surface area (Å²) in [6.45, 7) is 0.482. The average Bonchev–Trinajstić information content (AvgIpc) is 2.75. The van der Waals surface area contributed by atoms with Crippen molar-refractivity contribution in [1.82, 2.24) is 10.6 Å². The van der Waals surface area contributed by atoms with Crippen LogP contribution < -0.4 is 10.6 Å². The third-order valence-electron chi connectivity index (χ3n) is 4.69. The molecule has 5 nitrogen and oxygen atoms in total. The zero-order valence-corrected chi connectivity index (χ0v) is 12.1. The van der Waals surface area contributed by atoms with Gasteiger partial charge in [-0.25, -0.2) is 4.79 Å². The van der Waals surface area contributed by atoms with Crippen LogP contribution >= 0.6 is 0 Å². The lowest BCUT2D eigenvalue weighted by Gasteiger charge is -2.19. The second-order valence-corrected chi connectivity index (χ2v) is 6.18. The van der Waals surface area contributed by atoms with Gasteiger partial charge in [0, 0.05) is 12.6 Å². The van der Waals surface area contributed by atoms with Gasteiger partial charge >= 0.3 is 12.0 Å². The predicted octanol–water partition coefficient (Wildman–Crippen LogP) is 2.51. The number of rotatable bonds is 4. The lowest BCUT2D eigenvalue weighted by molar-refractivity contribution is -0.142. The third-order valence-corrected chi connectivity index (χ3v) is 4.69. The van der Waals surface area contributed by atoms with Crippen LogP contribution in [0, 0.1) is 11.8 Å². The second-order valence-electron chi connectivity index (χ2n) is 6.18. The Balaban J connectivity index is 1.70. The molecule has 0 aromatic heterocycles. The van der Waals surface area contributed by atoms with Gasteiger partial charge in [0.05, 0.1) is 5.92 Å². The Kier molecular flexibility index (Phi) is 5.68. The van der Waals surface area contributed by atoms with Crippen molar-refractivity contribution < 1.29 is 14.7 Å². The smallest absolute Gasteiger partial charge is 0.315 e. The van der Waals surface area contributed by atoms with Crippen molar-refractivity contribution in [3.05, 3.63) is 0 Å². The highest BCUT2D eigenvalue weighted by Gasteiger charge is 2.32. The molecule has 2 atom stereocenters. The first-order valence-electron chi connectivity index (χ1n) is 7.94. The maximum Gasteiger partial charge on any atom is 0.315 e. The van der Waals surface area contributed by atoms with Crippen LogP contribution in [0.4, 0.5) is 4.79 Å². The fraction of sp³-hybridized carbons (Fsp3) is 0.867. The lowest BCUT2D eigenvalue weighted by Crippen LogP contribution is -2.44. The van der Waals surface area contributed by atoms with Crippen LogP contribution in [0.15, 0.2) is 0 Å². The van der Waals surface area contributed by atoms with Gasteiger partial charge in [-0.2, -0.15) is 0 Å². The van der Waals surface area contributed by atoms with Gasteiger partial charge < -0.3 is 15.7 Å². The van der Waals surface area contributed by atoms with Crippen molar-refractivity contribution in [3.8, 4) is 0 Å². The molecule has 0 radical (unpaired) electrons. The Morgan fingerprint density at radius 2 is 1.65 bits per heavy atom. The van der Waals surface area contributed by atoms with Crippen LogP contribution in [0.2, 0.25) is 0 Å². The van der Waals surface area contributed by atoms with Gasteiger partial charge in [-0.3, -0.25) is 4.79 Å². The van der Waals surface area contributed by atoms with E-state index < -0.39 is 5.97 Å². The Morgan fingerprint density at radius 1 is 0.950 bits per heavy atom. The van der Waals surface area contributed by atoms with E-state index >= 15 is 0 Å². The minimum atomic E-state index is -0.724. The summed E-state index contributed by atoms with van der Waals surface area (Å²) in [5, 5.41) is 15.0. The van der Waals surface area contributed by atoms with Gasteiger partial charge in [0.25, 0.3) is 0 Å². The average molecular weight is 282 g/mol. The summed E-state index contributed by atoms with van der Waals surface area (Å²) in [6, 6.07) is 0.157. The van der Waals surface area contributed by atoms with E-state index in [2.05, 4.69) is 10.6 Å². The van der Waals surface area contributed by atoms with Crippen LogP contribution in [0.1, 0.15) is 57.8 Å². The molecule has 3 N–H and O–H groups in total. The zero-order chi connectivity index (χ0) is 14.4. The van der Waals surface area contributed by atoms with Crippen molar-refractivity contribution in [1.29, 1.82) is 0 Å². The fourth-order valence-corrected chi connectivity index (χ4v) is 3.49. The molecule has 2 saturated carbocycles. The third kappa shape index (κ3) is 4.39. The largest absolute Gasteiger partial charge is 0.481 e. The molecule has 5 heteroatoms. The number of carboxylic acids is 1. The number of hydrogen-bond acceptors (Lipinski definition) is 2. The summed E-state index contributed by atoms with van der Waals surface area (Å²) in [7, 11) is 0. The normalized spacial score (nSPS) is 27.8. The standard InChI is InChI=1S/C15H26N2O3/c18-14(19)13-9-5-6-11(13)10-16-15(20)17-12-7-3-1-2-4-8-12/h11-13H,1-10H2,(H,18,19)(H2,16,17,20). The molecule has 0 bridgehead atoms. The molecule has 0 spiro atoms. The zero-order valence-electron chi connectivity index (χ0n) is 12.1. The van der Waals surface area contributed by atoms with Crippen molar-refractivity contribution in [2.75, 3.05) is 6.54 Å². The highest BCUT2D eigenvalue weighted by Crippen LogP contribution is 2.31. The molecule has 2 fully saturated rings. The first kappa shape index (κ1) is 15.1. The monoisotopic (exact) mass is 282 g/mol. The van der Waals surface area contributed by atoms with E-state index in [4.69, 9.17) is 5.11 Å². The Hall–Kier alpha value is -1.26.